The van der Waals surface area contributed by atoms with Gasteiger partial charge in [-0.2, -0.15) is 0 Å². The second kappa shape index (κ2) is 5.01. The summed E-state index contributed by atoms with van der Waals surface area (Å²) < 4.78 is 0. The van der Waals surface area contributed by atoms with Crippen LogP contribution in [0.5, 0.6) is 0 Å². The minimum Gasteiger partial charge on any atom is -0.478 e. The summed E-state index contributed by atoms with van der Waals surface area (Å²) in [6.45, 7) is 9.97. The summed E-state index contributed by atoms with van der Waals surface area (Å²) in [7, 11) is 0. The molecule has 0 saturated heterocycles. The lowest BCUT2D eigenvalue weighted by Gasteiger charge is -2.33. The Bertz CT molecular complexity index is 362. The number of carboxylic acid groups (broad SMARTS) is 1. The third kappa shape index (κ3) is 2.35. The second-order valence-electron chi connectivity index (χ2n) is 4.04. The van der Waals surface area contributed by atoms with Gasteiger partial charge in [0.2, 0.25) is 0 Å². The average Bonchev–Trinajstić information content (AvgIpc) is 2.22. The van der Waals surface area contributed by atoms with Crippen LogP contribution in [-0.2, 0) is 4.79 Å². The lowest BCUT2D eigenvalue weighted by molar-refractivity contribution is -0.132. The number of hydrogen-bond acceptors (Lipinski definition) is 2. The number of nitrogens with zero attached hydrogens (tertiary/aromatic N) is 1. The van der Waals surface area contributed by atoms with E-state index in [2.05, 4.69) is 20.4 Å². The lowest BCUT2D eigenvalue weighted by atomic mass is 10.0. The molecule has 0 aromatic carbocycles. The van der Waals surface area contributed by atoms with Crippen molar-refractivity contribution < 1.29 is 9.90 Å². The zero-order chi connectivity index (χ0) is 12.3. The molecule has 0 fully saturated rings. The molecule has 0 amide bonds. The van der Waals surface area contributed by atoms with E-state index >= 15 is 0 Å². The van der Waals surface area contributed by atoms with Crippen LogP contribution in [0.3, 0.4) is 0 Å². The summed E-state index contributed by atoms with van der Waals surface area (Å²) >= 11 is 0. The Morgan fingerprint density at radius 3 is 2.50 bits per heavy atom. The number of carbonyl (C=O) groups is 1. The molecule has 1 aliphatic rings. The van der Waals surface area contributed by atoms with E-state index in [1.54, 1.807) is 6.20 Å². The Balaban J connectivity index is 3.05. The molecule has 3 nitrogen and oxygen atoms in total. The standard InChI is InChI=1S/C13H19NO2/c1-5-11(6-2)14-8-12(13(15)16)9(3)7-10(14)4/h7-8,11H,3,5-6H2,1-2,4H3,(H,15,16). The highest BCUT2D eigenvalue weighted by atomic mass is 16.4. The van der Waals surface area contributed by atoms with Crippen LogP contribution in [0.25, 0.3) is 0 Å². The van der Waals surface area contributed by atoms with E-state index in [4.69, 9.17) is 5.11 Å². The van der Waals surface area contributed by atoms with Crippen molar-refractivity contribution in [3.63, 3.8) is 0 Å². The predicted molar refractivity (Wildman–Crippen MR) is 64.8 cm³/mol. The third-order valence-electron chi connectivity index (χ3n) is 2.97. The van der Waals surface area contributed by atoms with Crippen molar-refractivity contribution >= 4 is 5.97 Å². The topological polar surface area (TPSA) is 40.5 Å². The van der Waals surface area contributed by atoms with Crippen molar-refractivity contribution in [3.05, 3.63) is 35.7 Å². The fourth-order valence-corrected chi connectivity index (χ4v) is 2.00. The molecule has 1 aliphatic heterocycles. The fraction of sp³-hybridized carbons (Fsp3) is 0.462. The first-order valence-corrected chi connectivity index (χ1v) is 5.62. The molecular weight excluding hydrogens is 202 g/mol. The van der Waals surface area contributed by atoms with Crippen molar-refractivity contribution in [2.24, 2.45) is 0 Å². The predicted octanol–water partition coefficient (Wildman–Crippen LogP) is 2.92. The highest BCUT2D eigenvalue weighted by molar-refractivity contribution is 5.93. The number of carboxylic acids is 1. The molecule has 0 atom stereocenters. The first kappa shape index (κ1) is 12.6. The van der Waals surface area contributed by atoms with E-state index in [0.717, 1.165) is 18.5 Å². The van der Waals surface area contributed by atoms with Crippen LogP contribution in [0.4, 0.5) is 0 Å². The van der Waals surface area contributed by atoms with Gasteiger partial charge in [0.15, 0.2) is 0 Å². The van der Waals surface area contributed by atoms with Gasteiger partial charge in [0, 0.05) is 17.9 Å². The van der Waals surface area contributed by atoms with Gasteiger partial charge in [0.25, 0.3) is 0 Å². The van der Waals surface area contributed by atoms with Crippen LogP contribution in [0, 0.1) is 0 Å². The summed E-state index contributed by atoms with van der Waals surface area (Å²) in [5.74, 6) is -0.912. The monoisotopic (exact) mass is 221 g/mol. The quantitative estimate of drug-likeness (QED) is 0.793. The Kier molecular flexibility index (Phi) is 3.93. The second-order valence-corrected chi connectivity index (χ2v) is 4.04. The smallest absolute Gasteiger partial charge is 0.337 e. The Morgan fingerprint density at radius 1 is 1.50 bits per heavy atom. The molecule has 3 heteroatoms. The third-order valence-corrected chi connectivity index (χ3v) is 2.97. The van der Waals surface area contributed by atoms with E-state index in [0.29, 0.717) is 11.6 Å². The maximum atomic E-state index is 11.0. The first-order valence-electron chi connectivity index (χ1n) is 5.62. The minimum atomic E-state index is -0.912. The summed E-state index contributed by atoms with van der Waals surface area (Å²) in [6.07, 6.45) is 5.54. The Hall–Kier alpha value is -1.51. The molecule has 1 heterocycles. The van der Waals surface area contributed by atoms with E-state index in [1.807, 2.05) is 17.9 Å². The maximum absolute atomic E-state index is 11.0. The van der Waals surface area contributed by atoms with Crippen LogP contribution < -0.4 is 0 Å². The molecule has 0 radical (unpaired) electrons. The van der Waals surface area contributed by atoms with Crippen molar-refractivity contribution in [3.8, 4) is 0 Å². The molecular formula is C13H19NO2. The number of hydrogen-bond donors (Lipinski definition) is 1. The molecule has 0 spiro atoms. The fourth-order valence-electron chi connectivity index (χ4n) is 2.00. The van der Waals surface area contributed by atoms with Gasteiger partial charge in [-0.3, -0.25) is 0 Å². The number of rotatable bonds is 4. The van der Waals surface area contributed by atoms with Gasteiger partial charge in [-0.05, 0) is 31.4 Å². The van der Waals surface area contributed by atoms with Crippen LogP contribution >= 0.6 is 0 Å². The van der Waals surface area contributed by atoms with Gasteiger partial charge >= 0.3 is 5.97 Å². The van der Waals surface area contributed by atoms with E-state index < -0.39 is 5.97 Å². The summed E-state index contributed by atoms with van der Waals surface area (Å²) in [4.78, 5) is 13.1. The molecule has 1 N–H and O–H groups in total. The highest BCUT2D eigenvalue weighted by Crippen LogP contribution is 2.26. The van der Waals surface area contributed by atoms with Crippen molar-refractivity contribution in [2.45, 2.75) is 39.7 Å². The molecule has 0 aromatic heterocycles. The molecule has 88 valence electrons. The molecule has 0 unspecified atom stereocenters. The summed E-state index contributed by atoms with van der Waals surface area (Å²) in [5, 5.41) is 9.05. The van der Waals surface area contributed by atoms with E-state index in [9.17, 15) is 4.79 Å². The summed E-state index contributed by atoms with van der Waals surface area (Å²) in [6, 6.07) is 0.360. The first-order chi connectivity index (χ1) is 7.51. The highest BCUT2D eigenvalue weighted by Gasteiger charge is 2.22. The van der Waals surface area contributed by atoms with Crippen LogP contribution in [0.2, 0.25) is 0 Å². The lowest BCUT2D eigenvalue weighted by Crippen LogP contribution is -2.31. The number of allylic oxidation sites excluding steroid dienone is 2. The van der Waals surface area contributed by atoms with Gasteiger partial charge in [0.05, 0.1) is 5.57 Å². The van der Waals surface area contributed by atoms with Gasteiger partial charge in [-0.1, -0.05) is 20.4 Å². The van der Waals surface area contributed by atoms with Gasteiger partial charge < -0.3 is 10.0 Å². The van der Waals surface area contributed by atoms with Gasteiger partial charge in [-0.25, -0.2) is 4.79 Å². The average molecular weight is 221 g/mol. The number of aliphatic carboxylic acids is 1. The normalized spacial score (nSPS) is 16.2. The van der Waals surface area contributed by atoms with E-state index in [1.165, 1.54) is 0 Å². The minimum absolute atomic E-state index is 0.289. The largest absolute Gasteiger partial charge is 0.478 e. The molecule has 0 bridgehead atoms. The van der Waals surface area contributed by atoms with Gasteiger partial charge in [-0.15, -0.1) is 0 Å². The Morgan fingerprint density at radius 2 is 2.06 bits per heavy atom. The van der Waals surface area contributed by atoms with Crippen LogP contribution in [0.1, 0.15) is 33.6 Å². The SMILES string of the molecule is C=C1C=C(C)N(C(CC)CC)C=C1C(=O)O. The van der Waals surface area contributed by atoms with Crippen molar-refractivity contribution in [2.75, 3.05) is 0 Å². The van der Waals surface area contributed by atoms with E-state index in [-0.39, 0.29) is 5.57 Å². The molecule has 0 saturated carbocycles. The molecule has 0 aromatic rings. The van der Waals surface area contributed by atoms with Crippen molar-refractivity contribution in [1.29, 1.82) is 0 Å². The van der Waals surface area contributed by atoms with Crippen molar-refractivity contribution in [1.82, 2.24) is 4.90 Å². The molecule has 0 aliphatic carbocycles. The van der Waals surface area contributed by atoms with Gasteiger partial charge in [0.1, 0.15) is 0 Å². The van der Waals surface area contributed by atoms with Crippen LogP contribution in [0.15, 0.2) is 35.7 Å². The molecule has 1 rings (SSSR count). The van der Waals surface area contributed by atoms with Crippen LogP contribution in [-0.4, -0.2) is 22.0 Å². The zero-order valence-corrected chi connectivity index (χ0v) is 10.2. The zero-order valence-electron chi connectivity index (χ0n) is 10.2. The Labute approximate surface area is 96.8 Å². The summed E-state index contributed by atoms with van der Waals surface area (Å²) in [5.41, 5.74) is 1.92. The maximum Gasteiger partial charge on any atom is 0.337 e. The molecule has 16 heavy (non-hydrogen) atoms.